The summed E-state index contributed by atoms with van der Waals surface area (Å²) in [7, 11) is 0. The number of hydrogen-bond donors (Lipinski definition) is 2. The number of nitrogens with one attached hydrogen (secondary N) is 2. The van der Waals surface area contributed by atoms with Crippen LogP contribution >= 0.6 is 23.2 Å². The third-order valence-electron chi connectivity index (χ3n) is 3.29. The second kappa shape index (κ2) is 6.86. The van der Waals surface area contributed by atoms with Crippen molar-refractivity contribution in [3.05, 3.63) is 80.7 Å². The lowest BCUT2D eigenvalue weighted by Gasteiger charge is -2.08. The Morgan fingerprint density at radius 1 is 1.04 bits per heavy atom. The molecule has 0 atom stereocenters. The Bertz CT molecular complexity index is 956. The Hall–Kier alpha value is -2.63. The third kappa shape index (κ3) is 3.32. The molecule has 0 bridgehead atoms. The summed E-state index contributed by atoms with van der Waals surface area (Å²) in [5, 5.41) is 3.06. The predicted molar refractivity (Wildman–Crippen MR) is 94.7 cm³/mol. The fourth-order valence-electron chi connectivity index (χ4n) is 2.09. The van der Waals surface area contributed by atoms with Crippen molar-refractivity contribution in [1.29, 1.82) is 0 Å². The SMILES string of the molecule is O=C(Nc1cccc(Cl)c1Cl)c1cnc(-c2ccccc2)[nH]c1=O. The van der Waals surface area contributed by atoms with Crippen LogP contribution in [0.15, 0.2) is 59.5 Å². The smallest absolute Gasteiger partial charge is 0.264 e. The van der Waals surface area contributed by atoms with E-state index in [9.17, 15) is 9.59 Å². The first-order valence-corrected chi connectivity index (χ1v) is 7.72. The molecule has 24 heavy (non-hydrogen) atoms. The lowest BCUT2D eigenvalue weighted by atomic mass is 10.2. The summed E-state index contributed by atoms with van der Waals surface area (Å²) < 4.78 is 0. The average Bonchev–Trinajstić information content (AvgIpc) is 2.59. The standard InChI is InChI=1S/C17H11Cl2N3O2/c18-12-7-4-8-13(14(12)19)21-16(23)11-9-20-15(22-17(11)24)10-5-2-1-3-6-10/h1-9H,(H,21,23)(H,20,22,24). The fourth-order valence-corrected chi connectivity index (χ4v) is 2.44. The van der Waals surface area contributed by atoms with Crippen molar-refractivity contribution in [2.75, 3.05) is 5.32 Å². The number of H-pyrrole nitrogens is 1. The Morgan fingerprint density at radius 3 is 2.50 bits per heavy atom. The van der Waals surface area contributed by atoms with Gasteiger partial charge in [-0.1, -0.05) is 59.6 Å². The zero-order valence-corrected chi connectivity index (χ0v) is 13.7. The first-order chi connectivity index (χ1) is 11.6. The van der Waals surface area contributed by atoms with Gasteiger partial charge in [-0.25, -0.2) is 4.98 Å². The second-order valence-corrected chi connectivity index (χ2v) is 5.68. The number of amides is 1. The van der Waals surface area contributed by atoms with Gasteiger partial charge in [0, 0.05) is 11.8 Å². The lowest BCUT2D eigenvalue weighted by Crippen LogP contribution is -2.24. The van der Waals surface area contributed by atoms with E-state index >= 15 is 0 Å². The molecule has 0 spiro atoms. The van der Waals surface area contributed by atoms with Gasteiger partial charge in [0.15, 0.2) is 0 Å². The summed E-state index contributed by atoms with van der Waals surface area (Å²) in [6.07, 6.45) is 1.23. The quantitative estimate of drug-likeness (QED) is 0.742. The minimum atomic E-state index is -0.618. The Balaban J connectivity index is 1.88. The van der Waals surface area contributed by atoms with Crippen LogP contribution < -0.4 is 10.9 Å². The van der Waals surface area contributed by atoms with E-state index in [0.29, 0.717) is 16.5 Å². The molecule has 1 aromatic heterocycles. The molecule has 120 valence electrons. The highest BCUT2D eigenvalue weighted by Gasteiger charge is 2.15. The molecule has 3 aromatic rings. The fraction of sp³-hybridized carbons (Fsp3) is 0. The number of aromatic nitrogens is 2. The Labute approximate surface area is 147 Å². The molecule has 1 amide bonds. The molecule has 2 aromatic carbocycles. The molecule has 0 aliphatic rings. The molecule has 0 aliphatic heterocycles. The molecule has 0 aliphatic carbocycles. The van der Waals surface area contributed by atoms with E-state index in [1.807, 2.05) is 30.3 Å². The lowest BCUT2D eigenvalue weighted by molar-refractivity contribution is 0.102. The van der Waals surface area contributed by atoms with Gasteiger partial charge in [0.2, 0.25) is 0 Å². The maximum atomic E-state index is 12.3. The van der Waals surface area contributed by atoms with Crippen molar-refractivity contribution in [2.45, 2.75) is 0 Å². The minimum absolute atomic E-state index is 0.120. The van der Waals surface area contributed by atoms with Crippen LogP contribution in [0.25, 0.3) is 11.4 Å². The first kappa shape index (κ1) is 16.2. The zero-order chi connectivity index (χ0) is 17.1. The number of rotatable bonds is 3. The van der Waals surface area contributed by atoms with Gasteiger partial charge in [-0.05, 0) is 12.1 Å². The maximum absolute atomic E-state index is 12.3. The van der Waals surface area contributed by atoms with Crippen molar-refractivity contribution in [2.24, 2.45) is 0 Å². The van der Waals surface area contributed by atoms with E-state index < -0.39 is 11.5 Å². The van der Waals surface area contributed by atoms with Crippen LogP contribution in [0, 0.1) is 0 Å². The van der Waals surface area contributed by atoms with Gasteiger partial charge < -0.3 is 10.3 Å². The highest BCUT2D eigenvalue weighted by molar-refractivity contribution is 6.44. The van der Waals surface area contributed by atoms with Crippen LogP contribution in [0.5, 0.6) is 0 Å². The topological polar surface area (TPSA) is 74.8 Å². The van der Waals surface area contributed by atoms with Crippen LogP contribution in [0.3, 0.4) is 0 Å². The van der Waals surface area contributed by atoms with E-state index in [0.717, 1.165) is 5.56 Å². The van der Waals surface area contributed by atoms with Gasteiger partial charge in [0.25, 0.3) is 11.5 Å². The summed E-state index contributed by atoms with van der Waals surface area (Å²) in [5.74, 6) is -0.231. The summed E-state index contributed by atoms with van der Waals surface area (Å²) in [4.78, 5) is 31.2. The molecule has 0 fully saturated rings. The molecule has 0 radical (unpaired) electrons. The molecule has 3 rings (SSSR count). The number of carbonyl (C=O) groups excluding carboxylic acids is 1. The Morgan fingerprint density at radius 2 is 1.79 bits per heavy atom. The highest BCUT2D eigenvalue weighted by Crippen LogP contribution is 2.29. The highest BCUT2D eigenvalue weighted by atomic mass is 35.5. The zero-order valence-electron chi connectivity index (χ0n) is 12.2. The minimum Gasteiger partial charge on any atom is -0.320 e. The van der Waals surface area contributed by atoms with Gasteiger partial charge in [0.05, 0.1) is 15.7 Å². The Kier molecular flexibility index (Phi) is 4.64. The van der Waals surface area contributed by atoms with Gasteiger partial charge in [-0.15, -0.1) is 0 Å². The normalized spacial score (nSPS) is 10.4. The van der Waals surface area contributed by atoms with Crippen molar-refractivity contribution in [3.63, 3.8) is 0 Å². The van der Waals surface area contributed by atoms with Crippen molar-refractivity contribution in [3.8, 4) is 11.4 Å². The molecule has 5 nitrogen and oxygen atoms in total. The number of nitrogens with zero attached hydrogens (tertiary/aromatic N) is 1. The van der Waals surface area contributed by atoms with Crippen molar-refractivity contribution < 1.29 is 4.79 Å². The van der Waals surface area contributed by atoms with Crippen LogP contribution in [0.1, 0.15) is 10.4 Å². The maximum Gasteiger partial charge on any atom is 0.264 e. The molecule has 0 unspecified atom stereocenters. The number of hydrogen-bond acceptors (Lipinski definition) is 3. The molecule has 2 N–H and O–H groups in total. The molecular formula is C17H11Cl2N3O2. The van der Waals surface area contributed by atoms with Crippen LogP contribution in [-0.4, -0.2) is 15.9 Å². The van der Waals surface area contributed by atoms with E-state index in [1.165, 1.54) is 6.20 Å². The molecular weight excluding hydrogens is 349 g/mol. The van der Waals surface area contributed by atoms with E-state index in [4.69, 9.17) is 23.2 Å². The summed E-state index contributed by atoms with van der Waals surface area (Å²) in [5.41, 5.74) is 0.408. The van der Waals surface area contributed by atoms with E-state index in [-0.39, 0.29) is 10.6 Å². The van der Waals surface area contributed by atoms with Gasteiger partial charge in [-0.3, -0.25) is 9.59 Å². The average molecular weight is 360 g/mol. The van der Waals surface area contributed by atoms with Gasteiger partial charge in [-0.2, -0.15) is 0 Å². The van der Waals surface area contributed by atoms with Crippen molar-refractivity contribution in [1.82, 2.24) is 9.97 Å². The van der Waals surface area contributed by atoms with Gasteiger partial charge in [0.1, 0.15) is 11.4 Å². The van der Waals surface area contributed by atoms with E-state index in [1.54, 1.807) is 18.2 Å². The number of halogens is 2. The largest absolute Gasteiger partial charge is 0.320 e. The summed E-state index contributed by atoms with van der Waals surface area (Å²) >= 11 is 11.9. The van der Waals surface area contributed by atoms with Gasteiger partial charge >= 0.3 is 0 Å². The van der Waals surface area contributed by atoms with Crippen molar-refractivity contribution >= 4 is 34.8 Å². The molecule has 7 heteroatoms. The third-order valence-corrected chi connectivity index (χ3v) is 4.11. The monoisotopic (exact) mass is 359 g/mol. The molecule has 0 saturated heterocycles. The first-order valence-electron chi connectivity index (χ1n) is 6.96. The number of aromatic amines is 1. The second-order valence-electron chi connectivity index (χ2n) is 4.90. The number of benzene rings is 2. The van der Waals surface area contributed by atoms with Crippen LogP contribution in [0.4, 0.5) is 5.69 Å². The van der Waals surface area contributed by atoms with Crippen LogP contribution in [0.2, 0.25) is 10.0 Å². The predicted octanol–water partition coefficient (Wildman–Crippen LogP) is 4.00. The van der Waals surface area contributed by atoms with Crippen LogP contribution in [-0.2, 0) is 0 Å². The molecule has 1 heterocycles. The van der Waals surface area contributed by atoms with E-state index in [2.05, 4.69) is 15.3 Å². The summed E-state index contributed by atoms with van der Waals surface area (Å²) in [6, 6.07) is 14.0. The summed E-state index contributed by atoms with van der Waals surface area (Å²) in [6.45, 7) is 0. The number of anilines is 1. The molecule has 0 saturated carbocycles. The number of carbonyl (C=O) groups is 1.